The number of carbonyl (C=O) groups excluding carboxylic acids is 1. The Hall–Kier alpha value is -2.11. The smallest absolute Gasteiger partial charge is 0.265 e. The zero-order valence-electron chi connectivity index (χ0n) is 15.0. The first-order chi connectivity index (χ1) is 12.1. The van der Waals surface area contributed by atoms with Crippen molar-refractivity contribution in [2.45, 2.75) is 39.3 Å². The zero-order chi connectivity index (χ0) is 17.8. The summed E-state index contributed by atoms with van der Waals surface area (Å²) in [6.45, 7) is 5.24. The largest absolute Gasteiger partial charge is 0.481 e. The van der Waals surface area contributed by atoms with Gasteiger partial charge in [-0.1, -0.05) is 25.1 Å². The Labute approximate surface area is 159 Å². The van der Waals surface area contributed by atoms with Crippen molar-refractivity contribution >= 4 is 24.0 Å². The molecule has 140 valence electrons. The van der Waals surface area contributed by atoms with Crippen molar-refractivity contribution in [2.24, 2.45) is 0 Å². The average Bonchev–Trinajstić information content (AvgIpc) is 2.62. The molecular formula is C20H24ClFN2O2. The van der Waals surface area contributed by atoms with Crippen LogP contribution >= 0.6 is 12.4 Å². The lowest BCUT2D eigenvalue weighted by atomic mass is 9.99. The van der Waals surface area contributed by atoms with E-state index in [0.717, 1.165) is 17.7 Å². The molecule has 0 radical (unpaired) electrons. The van der Waals surface area contributed by atoms with Gasteiger partial charge < -0.3 is 15.4 Å². The molecule has 2 N–H and O–H groups in total. The molecular weight excluding hydrogens is 355 g/mol. The summed E-state index contributed by atoms with van der Waals surface area (Å²) in [7, 11) is 0. The second-order valence-electron chi connectivity index (χ2n) is 6.31. The van der Waals surface area contributed by atoms with E-state index < -0.39 is 6.10 Å². The van der Waals surface area contributed by atoms with Crippen molar-refractivity contribution in [3.8, 4) is 5.75 Å². The molecule has 4 nitrogen and oxygen atoms in total. The van der Waals surface area contributed by atoms with Crippen LogP contribution in [-0.2, 0) is 17.8 Å². The van der Waals surface area contributed by atoms with E-state index in [1.165, 1.54) is 0 Å². The summed E-state index contributed by atoms with van der Waals surface area (Å²) in [5.41, 5.74) is 2.91. The predicted molar refractivity (Wildman–Crippen MR) is 104 cm³/mol. The third kappa shape index (κ3) is 4.54. The molecule has 26 heavy (non-hydrogen) atoms. The minimum Gasteiger partial charge on any atom is -0.481 e. The number of anilines is 1. The Morgan fingerprint density at radius 2 is 2.15 bits per heavy atom. The molecule has 0 aromatic heterocycles. The molecule has 1 unspecified atom stereocenters. The Balaban J connectivity index is 0.00000243. The zero-order valence-corrected chi connectivity index (χ0v) is 15.8. The Kier molecular flexibility index (Phi) is 7.00. The fraction of sp³-hybridized carbons (Fsp3) is 0.350. The van der Waals surface area contributed by atoms with Crippen LogP contribution < -0.4 is 15.4 Å². The molecule has 2 aromatic carbocycles. The summed E-state index contributed by atoms with van der Waals surface area (Å²) < 4.78 is 20.5. The first-order valence-corrected chi connectivity index (χ1v) is 8.63. The van der Waals surface area contributed by atoms with Crippen molar-refractivity contribution in [3.05, 3.63) is 58.9 Å². The monoisotopic (exact) mass is 378 g/mol. The molecule has 0 aliphatic carbocycles. The van der Waals surface area contributed by atoms with E-state index in [4.69, 9.17) is 4.74 Å². The second kappa shape index (κ2) is 9.01. The van der Waals surface area contributed by atoms with Gasteiger partial charge in [-0.15, -0.1) is 12.4 Å². The topological polar surface area (TPSA) is 50.4 Å². The predicted octanol–water partition coefficient (Wildman–Crippen LogP) is 4.00. The van der Waals surface area contributed by atoms with E-state index in [1.54, 1.807) is 6.07 Å². The molecule has 1 heterocycles. The van der Waals surface area contributed by atoms with Crippen molar-refractivity contribution < 1.29 is 13.9 Å². The molecule has 1 aliphatic heterocycles. The Morgan fingerprint density at radius 1 is 1.35 bits per heavy atom. The number of amides is 1. The molecule has 1 aliphatic rings. The Morgan fingerprint density at radius 3 is 2.88 bits per heavy atom. The van der Waals surface area contributed by atoms with Gasteiger partial charge in [-0.25, -0.2) is 4.39 Å². The average molecular weight is 379 g/mol. The standard InChI is InChI=1S/C20H23FN2O2.ClH/c1-3-18(25-15-6-4-5-13(2)11-15)20(24)23-17-8-7-14-12-22-10-9-16(14)19(17)21;/h4-8,11,18,22H,3,9-10,12H2,1-2H3,(H,23,24);1H. The number of aryl methyl sites for hydroxylation is 1. The highest BCUT2D eigenvalue weighted by atomic mass is 35.5. The van der Waals surface area contributed by atoms with Gasteiger partial charge in [0, 0.05) is 6.54 Å². The van der Waals surface area contributed by atoms with Crippen LogP contribution in [0.25, 0.3) is 0 Å². The van der Waals surface area contributed by atoms with E-state index in [0.29, 0.717) is 30.7 Å². The van der Waals surface area contributed by atoms with Gasteiger partial charge >= 0.3 is 0 Å². The maximum Gasteiger partial charge on any atom is 0.265 e. The Bertz CT molecular complexity index is 782. The van der Waals surface area contributed by atoms with Crippen LogP contribution in [0.5, 0.6) is 5.75 Å². The van der Waals surface area contributed by atoms with Crippen LogP contribution in [0.15, 0.2) is 36.4 Å². The lowest BCUT2D eigenvalue weighted by Gasteiger charge is -2.21. The third-order valence-corrected chi connectivity index (χ3v) is 4.40. The highest BCUT2D eigenvalue weighted by Crippen LogP contribution is 2.25. The van der Waals surface area contributed by atoms with Crippen molar-refractivity contribution in [1.29, 1.82) is 0 Å². The van der Waals surface area contributed by atoms with Gasteiger partial charge in [0.05, 0.1) is 5.69 Å². The number of hydrogen-bond acceptors (Lipinski definition) is 3. The minimum atomic E-state index is -0.668. The number of fused-ring (bicyclic) bond motifs is 1. The van der Waals surface area contributed by atoms with Gasteiger partial charge in [-0.05, 0) is 61.2 Å². The van der Waals surface area contributed by atoms with Gasteiger partial charge in [0.2, 0.25) is 0 Å². The molecule has 6 heteroatoms. The van der Waals surface area contributed by atoms with Crippen molar-refractivity contribution in [1.82, 2.24) is 5.32 Å². The summed E-state index contributed by atoms with van der Waals surface area (Å²) in [5, 5.41) is 5.90. The van der Waals surface area contributed by atoms with Gasteiger partial charge in [0.25, 0.3) is 5.91 Å². The molecule has 1 atom stereocenters. The number of carbonyl (C=O) groups is 1. The van der Waals surface area contributed by atoms with Crippen LogP contribution in [0, 0.1) is 12.7 Å². The number of benzene rings is 2. The fourth-order valence-electron chi connectivity index (χ4n) is 3.02. The molecule has 0 spiro atoms. The normalized spacial score (nSPS) is 14.0. The van der Waals surface area contributed by atoms with Gasteiger partial charge in [-0.3, -0.25) is 4.79 Å². The molecule has 1 amide bonds. The van der Waals surface area contributed by atoms with E-state index in [2.05, 4.69) is 10.6 Å². The second-order valence-corrected chi connectivity index (χ2v) is 6.31. The first-order valence-electron chi connectivity index (χ1n) is 8.63. The van der Waals surface area contributed by atoms with Crippen molar-refractivity contribution in [3.63, 3.8) is 0 Å². The lowest BCUT2D eigenvalue weighted by Crippen LogP contribution is -2.33. The highest BCUT2D eigenvalue weighted by Gasteiger charge is 2.22. The quantitative estimate of drug-likeness (QED) is 0.826. The van der Waals surface area contributed by atoms with Crippen LogP contribution in [0.4, 0.5) is 10.1 Å². The minimum absolute atomic E-state index is 0. The van der Waals surface area contributed by atoms with Gasteiger partial charge in [0.15, 0.2) is 6.10 Å². The summed E-state index contributed by atoms with van der Waals surface area (Å²) in [5.74, 6) is -0.0338. The summed E-state index contributed by atoms with van der Waals surface area (Å²) >= 11 is 0. The number of halogens is 2. The van der Waals surface area contributed by atoms with Gasteiger partial charge in [-0.2, -0.15) is 0 Å². The van der Waals surface area contributed by atoms with Crippen LogP contribution in [0.3, 0.4) is 0 Å². The molecule has 0 saturated heterocycles. The fourth-order valence-corrected chi connectivity index (χ4v) is 3.02. The van der Waals surface area contributed by atoms with E-state index in [9.17, 15) is 9.18 Å². The number of hydrogen-bond donors (Lipinski definition) is 2. The number of rotatable bonds is 5. The summed E-state index contributed by atoms with van der Waals surface area (Å²) in [6.07, 6.45) is 0.455. The van der Waals surface area contributed by atoms with Crippen LogP contribution in [-0.4, -0.2) is 18.6 Å². The van der Waals surface area contributed by atoms with Crippen molar-refractivity contribution in [2.75, 3.05) is 11.9 Å². The maximum atomic E-state index is 14.7. The summed E-state index contributed by atoms with van der Waals surface area (Å²) in [6, 6.07) is 11.0. The van der Waals surface area contributed by atoms with Gasteiger partial charge in [0.1, 0.15) is 11.6 Å². The first kappa shape index (κ1) is 20.2. The summed E-state index contributed by atoms with van der Waals surface area (Å²) in [4.78, 5) is 12.5. The molecule has 0 fully saturated rings. The van der Waals surface area contributed by atoms with E-state index in [-0.39, 0.29) is 29.8 Å². The number of ether oxygens (including phenoxy) is 1. The SMILES string of the molecule is CCC(Oc1cccc(C)c1)C(=O)Nc1ccc2c(c1F)CCNC2.Cl. The molecule has 3 rings (SSSR count). The number of nitrogens with one attached hydrogen (secondary N) is 2. The highest BCUT2D eigenvalue weighted by molar-refractivity contribution is 5.94. The maximum absolute atomic E-state index is 14.7. The van der Waals surface area contributed by atoms with Crippen LogP contribution in [0.1, 0.15) is 30.0 Å². The lowest BCUT2D eigenvalue weighted by molar-refractivity contribution is -0.122. The molecule has 0 bridgehead atoms. The third-order valence-electron chi connectivity index (χ3n) is 4.40. The molecule has 2 aromatic rings. The van der Waals surface area contributed by atoms with Crippen LogP contribution in [0.2, 0.25) is 0 Å². The van der Waals surface area contributed by atoms with E-state index >= 15 is 0 Å². The van der Waals surface area contributed by atoms with E-state index in [1.807, 2.05) is 44.2 Å². The molecule has 0 saturated carbocycles.